The van der Waals surface area contributed by atoms with Crippen molar-refractivity contribution in [3.63, 3.8) is 0 Å². The van der Waals surface area contributed by atoms with Crippen molar-refractivity contribution in [2.24, 2.45) is 0 Å². The van der Waals surface area contributed by atoms with Gasteiger partial charge in [-0.25, -0.2) is 0 Å². The third kappa shape index (κ3) is 4.92. The number of rotatable bonds is 4. The molecule has 0 bridgehead atoms. The van der Waals surface area contributed by atoms with Crippen LogP contribution >= 0.6 is 0 Å². The molecule has 0 spiro atoms. The third-order valence-electron chi connectivity index (χ3n) is 3.56. The van der Waals surface area contributed by atoms with Crippen LogP contribution in [0.15, 0.2) is 48.0 Å². The molecule has 0 aromatic heterocycles. The molecule has 1 amide bonds. The van der Waals surface area contributed by atoms with Crippen LogP contribution in [0.2, 0.25) is 0 Å². The average molecular weight is 375 g/mol. The Kier molecular flexibility index (Phi) is 5.60. The number of non-ortho nitro benzene ring substituents is 1. The van der Waals surface area contributed by atoms with Gasteiger partial charge in [-0.15, -0.1) is 0 Å². The van der Waals surface area contributed by atoms with E-state index in [1.54, 1.807) is 6.07 Å². The molecule has 2 aromatic carbocycles. The van der Waals surface area contributed by atoms with Crippen molar-refractivity contribution < 1.29 is 22.9 Å². The fraction of sp³-hybridized carbons (Fsp3) is 0.111. The highest BCUT2D eigenvalue weighted by Gasteiger charge is 2.30. The molecule has 0 heterocycles. The molecule has 2 aromatic rings. The summed E-state index contributed by atoms with van der Waals surface area (Å²) in [7, 11) is 0. The summed E-state index contributed by atoms with van der Waals surface area (Å²) in [6.07, 6.45) is -3.51. The molecule has 0 atom stereocenters. The van der Waals surface area contributed by atoms with Crippen LogP contribution in [-0.4, -0.2) is 10.8 Å². The zero-order valence-electron chi connectivity index (χ0n) is 13.9. The Morgan fingerprint density at radius 2 is 1.96 bits per heavy atom. The van der Waals surface area contributed by atoms with Crippen LogP contribution in [0.3, 0.4) is 0 Å². The molecule has 0 fully saturated rings. The number of amides is 1. The standard InChI is InChI=1S/C18H12F3N3O3/c1-11-7-15(24(26)27)5-6-16(11)23-17(25)13(10-22)8-12-3-2-4-14(9-12)18(19,20)21/h2-9H,1H3,(H,23,25)/b13-8+. The Morgan fingerprint density at radius 1 is 1.26 bits per heavy atom. The molecule has 0 aliphatic heterocycles. The maximum absolute atomic E-state index is 12.8. The van der Waals surface area contributed by atoms with E-state index in [1.165, 1.54) is 37.3 Å². The van der Waals surface area contributed by atoms with Crippen LogP contribution in [0.4, 0.5) is 24.5 Å². The largest absolute Gasteiger partial charge is 0.416 e. The minimum Gasteiger partial charge on any atom is -0.321 e. The predicted octanol–water partition coefficient (Wildman–Crippen LogP) is 4.47. The van der Waals surface area contributed by atoms with Crippen molar-refractivity contribution in [2.45, 2.75) is 13.1 Å². The Hall–Kier alpha value is -3.67. The van der Waals surface area contributed by atoms with E-state index in [2.05, 4.69) is 5.32 Å². The number of alkyl halides is 3. The molecule has 138 valence electrons. The van der Waals surface area contributed by atoms with Gasteiger partial charge in [0.2, 0.25) is 0 Å². The summed E-state index contributed by atoms with van der Waals surface area (Å²) in [4.78, 5) is 22.4. The second kappa shape index (κ2) is 7.70. The van der Waals surface area contributed by atoms with Gasteiger partial charge in [-0.2, -0.15) is 18.4 Å². The van der Waals surface area contributed by atoms with Gasteiger partial charge in [0.05, 0.1) is 10.5 Å². The highest BCUT2D eigenvalue weighted by Crippen LogP contribution is 2.30. The minimum atomic E-state index is -4.55. The lowest BCUT2D eigenvalue weighted by atomic mass is 10.1. The summed E-state index contributed by atoms with van der Waals surface area (Å²) < 4.78 is 38.3. The number of carbonyl (C=O) groups is 1. The third-order valence-corrected chi connectivity index (χ3v) is 3.56. The maximum atomic E-state index is 12.8. The van der Waals surface area contributed by atoms with Crippen LogP contribution in [-0.2, 0) is 11.0 Å². The van der Waals surface area contributed by atoms with Crippen molar-refractivity contribution in [3.05, 3.63) is 74.8 Å². The number of nitrogens with zero attached hydrogens (tertiary/aromatic N) is 2. The summed E-state index contributed by atoms with van der Waals surface area (Å²) in [5, 5.41) is 22.3. The minimum absolute atomic E-state index is 0.0388. The number of nitriles is 1. The first-order valence-corrected chi connectivity index (χ1v) is 7.47. The average Bonchev–Trinajstić information content (AvgIpc) is 2.60. The Labute approximate surface area is 151 Å². The first kappa shape index (κ1) is 19.7. The molecular weight excluding hydrogens is 363 g/mol. The second-order valence-corrected chi connectivity index (χ2v) is 5.50. The lowest BCUT2D eigenvalue weighted by Crippen LogP contribution is -2.14. The van der Waals surface area contributed by atoms with E-state index in [0.29, 0.717) is 5.56 Å². The topological polar surface area (TPSA) is 96.0 Å². The van der Waals surface area contributed by atoms with Gasteiger partial charge in [-0.05, 0) is 42.3 Å². The first-order chi connectivity index (χ1) is 12.6. The number of halogens is 3. The summed E-state index contributed by atoms with van der Waals surface area (Å²) >= 11 is 0. The van der Waals surface area contributed by atoms with Crippen LogP contribution < -0.4 is 5.32 Å². The second-order valence-electron chi connectivity index (χ2n) is 5.50. The zero-order valence-corrected chi connectivity index (χ0v) is 13.9. The number of nitro groups is 1. The molecule has 0 saturated carbocycles. The van der Waals surface area contributed by atoms with E-state index in [4.69, 9.17) is 5.26 Å². The Bertz CT molecular complexity index is 976. The summed E-state index contributed by atoms with van der Waals surface area (Å²) in [6.45, 7) is 1.53. The number of carbonyl (C=O) groups excluding carboxylic acids is 1. The van der Waals surface area contributed by atoms with Crippen LogP contribution in [0, 0.1) is 28.4 Å². The molecule has 9 heteroatoms. The predicted molar refractivity (Wildman–Crippen MR) is 91.5 cm³/mol. The fourth-order valence-electron chi connectivity index (χ4n) is 2.21. The number of anilines is 1. The monoisotopic (exact) mass is 375 g/mol. The zero-order chi connectivity index (χ0) is 20.2. The van der Waals surface area contributed by atoms with Gasteiger partial charge < -0.3 is 5.32 Å². The number of hydrogen-bond donors (Lipinski definition) is 1. The number of nitro benzene ring substituents is 1. The Morgan fingerprint density at radius 3 is 2.52 bits per heavy atom. The van der Waals surface area contributed by atoms with Crippen molar-refractivity contribution >= 4 is 23.4 Å². The van der Waals surface area contributed by atoms with Crippen molar-refractivity contribution in [1.82, 2.24) is 0 Å². The van der Waals surface area contributed by atoms with E-state index >= 15 is 0 Å². The number of hydrogen-bond acceptors (Lipinski definition) is 4. The van der Waals surface area contributed by atoms with Gasteiger partial charge in [0.15, 0.2) is 0 Å². The van der Waals surface area contributed by atoms with Crippen molar-refractivity contribution in [2.75, 3.05) is 5.32 Å². The maximum Gasteiger partial charge on any atom is 0.416 e. The first-order valence-electron chi connectivity index (χ1n) is 7.47. The molecule has 27 heavy (non-hydrogen) atoms. The quantitative estimate of drug-likeness (QED) is 0.369. The summed E-state index contributed by atoms with van der Waals surface area (Å²) in [5.41, 5.74) is -0.792. The van der Waals surface area contributed by atoms with Crippen LogP contribution in [0.5, 0.6) is 0 Å². The van der Waals surface area contributed by atoms with E-state index < -0.39 is 28.1 Å². The molecule has 0 unspecified atom stereocenters. The SMILES string of the molecule is Cc1cc([N+](=O)[O-])ccc1NC(=O)/C(C#N)=C/c1cccc(C(F)(F)F)c1. The normalized spacial score (nSPS) is 11.6. The molecular formula is C18H12F3N3O3. The van der Waals surface area contributed by atoms with Gasteiger partial charge >= 0.3 is 6.18 Å². The molecule has 0 aliphatic carbocycles. The van der Waals surface area contributed by atoms with Crippen LogP contribution in [0.1, 0.15) is 16.7 Å². The molecule has 0 radical (unpaired) electrons. The fourth-order valence-corrected chi connectivity index (χ4v) is 2.21. The summed E-state index contributed by atoms with van der Waals surface area (Å²) in [6, 6.07) is 9.58. The number of nitrogens with one attached hydrogen (secondary N) is 1. The highest BCUT2D eigenvalue weighted by molar-refractivity contribution is 6.10. The molecule has 1 N–H and O–H groups in total. The van der Waals surface area contributed by atoms with E-state index in [1.807, 2.05) is 0 Å². The van der Waals surface area contributed by atoms with Gasteiger partial charge in [-0.1, -0.05) is 12.1 Å². The van der Waals surface area contributed by atoms with Gasteiger partial charge in [0.25, 0.3) is 11.6 Å². The van der Waals surface area contributed by atoms with Crippen molar-refractivity contribution in [3.8, 4) is 6.07 Å². The van der Waals surface area contributed by atoms with E-state index in [0.717, 1.165) is 18.2 Å². The van der Waals surface area contributed by atoms with Gasteiger partial charge in [0, 0.05) is 17.8 Å². The molecule has 0 aliphatic rings. The lowest BCUT2D eigenvalue weighted by molar-refractivity contribution is -0.384. The van der Waals surface area contributed by atoms with Gasteiger partial charge in [0.1, 0.15) is 11.6 Å². The smallest absolute Gasteiger partial charge is 0.321 e. The number of aryl methyl sites for hydroxylation is 1. The van der Waals surface area contributed by atoms with Gasteiger partial charge in [-0.3, -0.25) is 14.9 Å². The van der Waals surface area contributed by atoms with Crippen molar-refractivity contribution in [1.29, 1.82) is 5.26 Å². The number of benzene rings is 2. The molecule has 6 nitrogen and oxygen atoms in total. The summed E-state index contributed by atoms with van der Waals surface area (Å²) in [5.74, 6) is -0.841. The molecule has 0 saturated heterocycles. The highest BCUT2D eigenvalue weighted by atomic mass is 19.4. The van der Waals surface area contributed by atoms with E-state index in [9.17, 15) is 28.1 Å². The van der Waals surface area contributed by atoms with E-state index in [-0.39, 0.29) is 16.9 Å². The van der Waals surface area contributed by atoms with Crippen LogP contribution in [0.25, 0.3) is 6.08 Å². The Balaban J connectivity index is 2.28. The lowest BCUT2D eigenvalue weighted by Gasteiger charge is -2.09. The molecule has 2 rings (SSSR count).